The van der Waals surface area contributed by atoms with Gasteiger partial charge in [-0.25, -0.2) is 0 Å². The molecule has 1 aromatic heterocycles. The van der Waals surface area contributed by atoms with Gasteiger partial charge in [-0.1, -0.05) is 0 Å². The van der Waals surface area contributed by atoms with Crippen molar-refractivity contribution in [2.24, 2.45) is 0 Å². The van der Waals surface area contributed by atoms with Crippen molar-refractivity contribution < 1.29 is 4.42 Å². The van der Waals surface area contributed by atoms with Crippen LogP contribution in [0.1, 0.15) is 12.7 Å². The second-order valence-electron chi connectivity index (χ2n) is 2.87. The molecule has 1 aromatic rings. The van der Waals surface area contributed by atoms with E-state index in [-0.39, 0.29) is 0 Å². The van der Waals surface area contributed by atoms with Gasteiger partial charge in [-0.05, 0) is 43.5 Å². The second-order valence-corrected chi connectivity index (χ2v) is 3.69. The van der Waals surface area contributed by atoms with Gasteiger partial charge in [0.2, 0.25) is 0 Å². The van der Waals surface area contributed by atoms with E-state index >= 15 is 0 Å². The van der Waals surface area contributed by atoms with Gasteiger partial charge in [-0.2, -0.15) is 0 Å². The third kappa shape index (κ3) is 4.94. The van der Waals surface area contributed by atoms with E-state index in [1.807, 2.05) is 19.1 Å². The van der Waals surface area contributed by atoms with Gasteiger partial charge in [0.25, 0.3) is 0 Å². The van der Waals surface area contributed by atoms with Crippen molar-refractivity contribution in [1.82, 2.24) is 21.5 Å². The van der Waals surface area contributed by atoms with Crippen LogP contribution in [0.15, 0.2) is 22.8 Å². The second kappa shape index (κ2) is 7.02. The zero-order valence-corrected chi connectivity index (χ0v) is 10.5. The molecule has 0 aliphatic heterocycles. The molecule has 1 heterocycles. The Labute approximate surface area is 105 Å². The normalized spacial score (nSPS) is 9.31. The molecule has 0 aliphatic carbocycles. The summed E-state index contributed by atoms with van der Waals surface area (Å²) in [5.41, 5.74) is 5.50. The molecule has 16 heavy (non-hydrogen) atoms. The van der Waals surface area contributed by atoms with Crippen LogP contribution in [0.3, 0.4) is 0 Å². The topological polar surface area (TPSA) is 61.3 Å². The summed E-state index contributed by atoms with van der Waals surface area (Å²) in [7, 11) is 0. The molecule has 0 bridgehead atoms. The van der Waals surface area contributed by atoms with Crippen molar-refractivity contribution >= 4 is 34.7 Å². The van der Waals surface area contributed by atoms with Crippen LogP contribution in [0.25, 0.3) is 0 Å². The van der Waals surface area contributed by atoms with E-state index in [4.69, 9.17) is 28.9 Å². The fourth-order valence-electron chi connectivity index (χ4n) is 0.943. The van der Waals surface area contributed by atoms with E-state index in [9.17, 15) is 0 Å². The zero-order chi connectivity index (χ0) is 11.8. The zero-order valence-electron chi connectivity index (χ0n) is 8.87. The fraction of sp³-hybridized carbons (Fsp3) is 0.333. The van der Waals surface area contributed by atoms with E-state index in [1.54, 1.807) is 6.26 Å². The van der Waals surface area contributed by atoms with Crippen LogP contribution in [-0.4, -0.2) is 16.8 Å². The van der Waals surface area contributed by atoms with Crippen LogP contribution in [0, 0.1) is 0 Å². The SMILES string of the molecule is CCNC(=S)NNC(=S)NCc1ccco1. The minimum absolute atomic E-state index is 0.455. The summed E-state index contributed by atoms with van der Waals surface area (Å²) >= 11 is 9.96. The first-order valence-electron chi connectivity index (χ1n) is 4.82. The summed E-state index contributed by atoms with van der Waals surface area (Å²) in [6.45, 7) is 3.26. The lowest BCUT2D eigenvalue weighted by Gasteiger charge is -2.12. The molecule has 7 heteroatoms. The third-order valence-electron chi connectivity index (χ3n) is 1.63. The smallest absolute Gasteiger partial charge is 0.185 e. The van der Waals surface area contributed by atoms with E-state index in [0.717, 1.165) is 12.3 Å². The highest BCUT2D eigenvalue weighted by Crippen LogP contribution is 1.97. The summed E-state index contributed by atoms with van der Waals surface area (Å²) in [6, 6.07) is 3.69. The van der Waals surface area contributed by atoms with E-state index in [2.05, 4.69) is 21.5 Å². The number of furan rings is 1. The van der Waals surface area contributed by atoms with Gasteiger partial charge in [0.05, 0.1) is 12.8 Å². The van der Waals surface area contributed by atoms with Crippen LogP contribution < -0.4 is 21.5 Å². The van der Waals surface area contributed by atoms with Crippen LogP contribution in [-0.2, 0) is 6.54 Å². The quantitative estimate of drug-likeness (QED) is 0.469. The molecule has 0 unspecified atom stereocenters. The van der Waals surface area contributed by atoms with Gasteiger partial charge in [0, 0.05) is 6.54 Å². The predicted molar refractivity (Wildman–Crippen MR) is 70.7 cm³/mol. The number of hydrogen-bond donors (Lipinski definition) is 4. The summed E-state index contributed by atoms with van der Waals surface area (Å²) in [5.74, 6) is 0.818. The van der Waals surface area contributed by atoms with Gasteiger partial charge >= 0.3 is 0 Å². The first-order chi connectivity index (χ1) is 7.72. The molecule has 88 valence electrons. The number of thiocarbonyl (C=S) groups is 2. The molecule has 0 saturated carbocycles. The van der Waals surface area contributed by atoms with Crippen molar-refractivity contribution in [3.8, 4) is 0 Å². The highest BCUT2D eigenvalue weighted by molar-refractivity contribution is 7.80. The Morgan fingerprint density at radius 3 is 2.50 bits per heavy atom. The Hall–Kier alpha value is -1.34. The molecule has 5 nitrogen and oxygen atoms in total. The summed E-state index contributed by atoms with van der Waals surface area (Å²) < 4.78 is 5.14. The lowest BCUT2D eigenvalue weighted by Crippen LogP contribution is -2.49. The van der Waals surface area contributed by atoms with Crippen LogP contribution >= 0.6 is 24.4 Å². The van der Waals surface area contributed by atoms with E-state index < -0.39 is 0 Å². The number of nitrogens with one attached hydrogen (secondary N) is 4. The molecule has 0 radical (unpaired) electrons. The molecule has 0 aromatic carbocycles. The first kappa shape index (κ1) is 12.7. The molecular weight excluding hydrogens is 244 g/mol. The Morgan fingerprint density at radius 1 is 1.25 bits per heavy atom. The molecule has 4 N–H and O–H groups in total. The molecule has 0 amide bonds. The van der Waals surface area contributed by atoms with Crippen molar-refractivity contribution in [3.05, 3.63) is 24.2 Å². The van der Waals surface area contributed by atoms with Crippen LogP contribution in [0.4, 0.5) is 0 Å². The summed E-state index contributed by atoms with van der Waals surface area (Å²) in [6.07, 6.45) is 1.62. The molecule has 0 spiro atoms. The highest BCUT2D eigenvalue weighted by atomic mass is 32.1. The average molecular weight is 258 g/mol. The maximum atomic E-state index is 5.14. The van der Waals surface area contributed by atoms with Crippen molar-refractivity contribution in [2.45, 2.75) is 13.5 Å². The third-order valence-corrected chi connectivity index (χ3v) is 2.12. The molecule has 0 saturated heterocycles. The Bertz CT molecular complexity index is 339. The van der Waals surface area contributed by atoms with E-state index in [0.29, 0.717) is 16.8 Å². The summed E-state index contributed by atoms with van der Waals surface area (Å²) in [5, 5.41) is 6.84. The maximum Gasteiger partial charge on any atom is 0.185 e. The molecule has 0 fully saturated rings. The largest absolute Gasteiger partial charge is 0.467 e. The van der Waals surface area contributed by atoms with Crippen molar-refractivity contribution in [1.29, 1.82) is 0 Å². The lowest BCUT2D eigenvalue weighted by molar-refractivity contribution is 0.502. The van der Waals surface area contributed by atoms with E-state index in [1.165, 1.54) is 0 Å². The number of hydrogen-bond acceptors (Lipinski definition) is 3. The predicted octanol–water partition coefficient (Wildman–Crippen LogP) is 0.643. The van der Waals surface area contributed by atoms with Crippen LogP contribution in [0.5, 0.6) is 0 Å². The monoisotopic (exact) mass is 258 g/mol. The van der Waals surface area contributed by atoms with Gasteiger partial charge < -0.3 is 15.1 Å². The lowest BCUT2D eigenvalue weighted by atomic mass is 10.4. The Morgan fingerprint density at radius 2 is 1.94 bits per heavy atom. The van der Waals surface area contributed by atoms with Crippen molar-refractivity contribution in [3.63, 3.8) is 0 Å². The number of rotatable bonds is 3. The van der Waals surface area contributed by atoms with Gasteiger partial charge in [-0.3, -0.25) is 10.9 Å². The molecule has 0 aliphatic rings. The fourth-order valence-corrected chi connectivity index (χ4v) is 1.26. The summed E-state index contributed by atoms with van der Waals surface area (Å²) in [4.78, 5) is 0. The highest BCUT2D eigenvalue weighted by Gasteiger charge is 1.98. The van der Waals surface area contributed by atoms with Gasteiger partial charge in [0.1, 0.15) is 5.76 Å². The van der Waals surface area contributed by atoms with Crippen LogP contribution in [0.2, 0.25) is 0 Å². The van der Waals surface area contributed by atoms with Crippen molar-refractivity contribution in [2.75, 3.05) is 6.54 Å². The first-order valence-corrected chi connectivity index (χ1v) is 5.64. The minimum atomic E-state index is 0.455. The molecule has 1 rings (SSSR count). The Balaban J connectivity index is 2.14. The van der Waals surface area contributed by atoms with Gasteiger partial charge in [0.15, 0.2) is 10.2 Å². The average Bonchev–Trinajstić information content (AvgIpc) is 2.77. The minimum Gasteiger partial charge on any atom is -0.467 e. The standard InChI is InChI=1S/C9H14N4OS2/c1-2-10-8(15)12-13-9(16)11-6-7-4-3-5-14-7/h3-5H,2,6H2,1H3,(H2,10,12,15)(H2,11,13,16). The molecular formula is C9H14N4OS2. The number of hydrazine groups is 1. The maximum absolute atomic E-state index is 5.14. The Kier molecular flexibility index (Phi) is 5.58. The molecule has 0 atom stereocenters. The van der Waals surface area contributed by atoms with Gasteiger partial charge in [-0.15, -0.1) is 0 Å².